The normalized spacial score (nSPS) is 13.0. The van der Waals surface area contributed by atoms with Gasteiger partial charge in [-0.15, -0.1) is 0 Å². The highest BCUT2D eigenvalue weighted by Gasteiger charge is 2.23. The van der Waals surface area contributed by atoms with Gasteiger partial charge < -0.3 is 4.74 Å². The largest absolute Gasteiger partial charge is 0.381 e. The Morgan fingerprint density at radius 1 is 1.07 bits per heavy atom. The standard InChI is InChI=1S/C21H25N3O3S/c1-17(27-3)16-28(25,26)23(2)14-19-15-24(20-12-8-5-9-13-20)22-21(19)18-10-6-4-7-11-18/h4-13,15,17H,14,16H2,1-3H3. The van der Waals surface area contributed by atoms with Gasteiger partial charge >= 0.3 is 0 Å². The second-order valence-corrected chi connectivity index (χ2v) is 8.85. The van der Waals surface area contributed by atoms with Gasteiger partial charge in [-0.1, -0.05) is 48.5 Å². The van der Waals surface area contributed by atoms with Crippen molar-refractivity contribution in [2.24, 2.45) is 0 Å². The number of para-hydroxylation sites is 1. The predicted octanol–water partition coefficient (Wildman–Crippen LogP) is 3.34. The van der Waals surface area contributed by atoms with E-state index in [0.717, 1.165) is 22.5 Å². The average molecular weight is 400 g/mol. The summed E-state index contributed by atoms with van der Waals surface area (Å²) in [5.74, 6) is -0.0620. The predicted molar refractivity (Wildman–Crippen MR) is 111 cm³/mol. The minimum atomic E-state index is -3.45. The third kappa shape index (κ3) is 4.67. The minimum absolute atomic E-state index is 0.0620. The zero-order valence-electron chi connectivity index (χ0n) is 16.3. The lowest BCUT2D eigenvalue weighted by Crippen LogP contribution is -2.33. The summed E-state index contributed by atoms with van der Waals surface area (Å²) in [6, 6.07) is 19.6. The number of ether oxygens (including phenoxy) is 1. The van der Waals surface area contributed by atoms with Crippen molar-refractivity contribution >= 4 is 10.0 Å². The smallest absolute Gasteiger partial charge is 0.216 e. The Kier molecular flexibility index (Phi) is 6.28. The summed E-state index contributed by atoms with van der Waals surface area (Å²) in [6.45, 7) is 1.98. The summed E-state index contributed by atoms with van der Waals surface area (Å²) in [5.41, 5.74) is 3.48. The molecular weight excluding hydrogens is 374 g/mol. The first-order valence-electron chi connectivity index (χ1n) is 9.07. The highest BCUT2D eigenvalue weighted by atomic mass is 32.2. The maximum absolute atomic E-state index is 12.6. The minimum Gasteiger partial charge on any atom is -0.381 e. The first-order valence-corrected chi connectivity index (χ1v) is 10.7. The average Bonchev–Trinajstić information content (AvgIpc) is 3.12. The van der Waals surface area contributed by atoms with Crippen LogP contribution in [0, 0.1) is 0 Å². The summed E-state index contributed by atoms with van der Waals surface area (Å²) >= 11 is 0. The van der Waals surface area contributed by atoms with Crippen LogP contribution in [-0.2, 0) is 21.3 Å². The highest BCUT2D eigenvalue weighted by molar-refractivity contribution is 7.89. The SMILES string of the molecule is COC(C)CS(=O)(=O)N(C)Cc1cn(-c2ccccc2)nc1-c1ccccc1. The second-order valence-electron chi connectivity index (χ2n) is 6.73. The van der Waals surface area contributed by atoms with Gasteiger partial charge in [-0.3, -0.25) is 0 Å². The first-order chi connectivity index (χ1) is 13.4. The molecule has 1 aromatic heterocycles. The number of methoxy groups -OCH3 is 1. The molecule has 0 amide bonds. The molecule has 1 unspecified atom stereocenters. The van der Waals surface area contributed by atoms with Crippen LogP contribution in [0.5, 0.6) is 0 Å². The van der Waals surface area contributed by atoms with E-state index in [1.807, 2.05) is 66.9 Å². The molecule has 3 rings (SSSR count). The third-order valence-electron chi connectivity index (χ3n) is 4.57. The van der Waals surface area contributed by atoms with Crippen LogP contribution in [0.25, 0.3) is 16.9 Å². The molecule has 0 aliphatic heterocycles. The Morgan fingerprint density at radius 3 is 2.29 bits per heavy atom. The van der Waals surface area contributed by atoms with E-state index in [4.69, 9.17) is 9.84 Å². The monoisotopic (exact) mass is 399 g/mol. The van der Waals surface area contributed by atoms with Gasteiger partial charge in [-0.05, 0) is 19.1 Å². The van der Waals surface area contributed by atoms with Crippen LogP contribution in [0.3, 0.4) is 0 Å². The number of rotatable bonds is 8. The van der Waals surface area contributed by atoms with Gasteiger partial charge in [-0.2, -0.15) is 5.10 Å². The van der Waals surface area contributed by atoms with E-state index in [9.17, 15) is 8.42 Å². The van der Waals surface area contributed by atoms with Crippen molar-refractivity contribution in [3.05, 3.63) is 72.4 Å². The Labute approximate surface area is 166 Å². The molecule has 1 atom stereocenters. The zero-order chi connectivity index (χ0) is 20.1. The van der Waals surface area contributed by atoms with Crippen LogP contribution in [-0.4, -0.2) is 48.5 Å². The fraction of sp³-hybridized carbons (Fsp3) is 0.286. The lowest BCUT2D eigenvalue weighted by Gasteiger charge is -2.19. The second kappa shape index (κ2) is 8.68. The van der Waals surface area contributed by atoms with E-state index in [-0.39, 0.29) is 18.4 Å². The van der Waals surface area contributed by atoms with Crippen LogP contribution >= 0.6 is 0 Å². The molecule has 7 heteroatoms. The lowest BCUT2D eigenvalue weighted by atomic mass is 10.1. The molecule has 0 bridgehead atoms. The first kappa shape index (κ1) is 20.3. The molecule has 3 aromatic rings. The third-order valence-corrected chi connectivity index (χ3v) is 6.54. The van der Waals surface area contributed by atoms with Crippen molar-refractivity contribution in [3.63, 3.8) is 0 Å². The Hall–Kier alpha value is -2.48. The Morgan fingerprint density at radius 2 is 1.68 bits per heavy atom. The molecule has 0 aliphatic rings. The molecular formula is C21H25N3O3S. The topological polar surface area (TPSA) is 64.4 Å². The molecule has 28 heavy (non-hydrogen) atoms. The molecule has 0 saturated heterocycles. The molecule has 1 heterocycles. The maximum Gasteiger partial charge on any atom is 0.216 e. The number of sulfonamides is 1. The van der Waals surface area contributed by atoms with Gasteiger partial charge in [-0.25, -0.2) is 17.4 Å². The van der Waals surface area contributed by atoms with Crippen LogP contribution < -0.4 is 0 Å². The van der Waals surface area contributed by atoms with Crippen LogP contribution in [0.2, 0.25) is 0 Å². The van der Waals surface area contributed by atoms with Crippen LogP contribution in [0.15, 0.2) is 66.9 Å². The molecule has 6 nitrogen and oxygen atoms in total. The van der Waals surface area contributed by atoms with Gasteiger partial charge in [0.1, 0.15) is 0 Å². The van der Waals surface area contributed by atoms with Gasteiger partial charge in [0.05, 0.1) is 23.2 Å². The van der Waals surface area contributed by atoms with Gasteiger partial charge in [0, 0.05) is 38.0 Å². The number of benzene rings is 2. The Balaban J connectivity index is 1.96. The van der Waals surface area contributed by atoms with Crippen molar-refractivity contribution < 1.29 is 13.2 Å². The molecule has 2 aromatic carbocycles. The quantitative estimate of drug-likeness (QED) is 0.583. The molecule has 0 fully saturated rings. The summed E-state index contributed by atoms with van der Waals surface area (Å²) in [5, 5.41) is 4.73. The van der Waals surface area contributed by atoms with Gasteiger partial charge in [0.15, 0.2) is 0 Å². The van der Waals surface area contributed by atoms with E-state index >= 15 is 0 Å². The van der Waals surface area contributed by atoms with Crippen molar-refractivity contribution in [2.45, 2.75) is 19.6 Å². The van der Waals surface area contributed by atoms with Crippen molar-refractivity contribution in [1.29, 1.82) is 0 Å². The zero-order valence-corrected chi connectivity index (χ0v) is 17.1. The van der Waals surface area contributed by atoms with E-state index in [1.54, 1.807) is 18.7 Å². The van der Waals surface area contributed by atoms with Crippen molar-refractivity contribution in [3.8, 4) is 16.9 Å². The highest BCUT2D eigenvalue weighted by Crippen LogP contribution is 2.25. The van der Waals surface area contributed by atoms with E-state index in [2.05, 4.69) is 0 Å². The molecule has 0 N–H and O–H groups in total. The van der Waals surface area contributed by atoms with Crippen molar-refractivity contribution in [2.75, 3.05) is 19.9 Å². The maximum atomic E-state index is 12.6. The number of hydrogen-bond acceptors (Lipinski definition) is 4. The lowest BCUT2D eigenvalue weighted by molar-refractivity contribution is 0.135. The molecule has 0 radical (unpaired) electrons. The fourth-order valence-corrected chi connectivity index (χ4v) is 4.23. The fourth-order valence-electron chi connectivity index (χ4n) is 2.91. The van der Waals surface area contributed by atoms with Crippen molar-refractivity contribution in [1.82, 2.24) is 14.1 Å². The number of hydrogen-bond donors (Lipinski definition) is 0. The van der Waals surface area contributed by atoms with Gasteiger partial charge in [0.2, 0.25) is 10.0 Å². The number of aromatic nitrogens is 2. The van der Waals surface area contributed by atoms with E-state index in [0.29, 0.717) is 0 Å². The summed E-state index contributed by atoms with van der Waals surface area (Å²) < 4.78 is 33.6. The molecule has 0 aliphatic carbocycles. The molecule has 0 saturated carbocycles. The van der Waals surface area contributed by atoms with Crippen LogP contribution in [0.4, 0.5) is 0 Å². The molecule has 148 valence electrons. The van der Waals surface area contributed by atoms with Crippen LogP contribution in [0.1, 0.15) is 12.5 Å². The van der Waals surface area contributed by atoms with Gasteiger partial charge in [0.25, 0.3) is 0 Å². The summed E-state index contributed by atoms with van der Waals surface area (Å²) in [6.07, 6.45) is 1.52. The number of nitrogens with zero attached hydrogens (tertiary/aromatic N) is 3. The van der Waals surface area contributed by atoms with E-state index < -0.39 is 10.0 Å². The van der Waals surface area contributed by atoms with E-state index in [1.165, 1.54) is 11.4 Å². The summed E-state index contributed by atoms with van der Waals surface area (Å²) in [4.78, 5) is 0. The summed E-state index contributed by atoms with van der Waals surface area (Å²) in [7, 11) is -0.352. The Bertz CT molecular complexity index is 1000. The molecule has 0 spiro atoms.